The normalized spacial score (nSPS) is 36.0. The predicted octanol–water partition coefficient (Wildman–Crippen LogP) is 0.712. The van der Waals surface area contributed by atoms with Crippen LogP contribution in [0.4, 0.5) is 0 Å². The van der Waals surface area contributed by atoms with Gasteiger partial charge in [-0.15, -0.1) is 0 Å². The Morgan fingerprint density at radius 2 is 2.12 bits per heavy atom. The van der Waals surface area contributed by atoms with Crippen LogP contribution in [-0.2, 0) is 9.53 Å². The van der Waals surface area contributed by atoms with Gasteiger partial charge in [0.15, 0.2) is 0 Å². The molecule has 1 unspecified atom stereocenters. The lowest BCUT2D eigenvalue weighted by molar-refractivity contribution is -0.117. The summed E-state index contributed by atoms with van der Waals surface area (Å²) in [4.78, 5) is 10.3. The molecule has 1 saturated heterocycles. The van der Waals surface area contributed by atoms with E-state index in [1.165, 1.54) is 19.3 Å². The summed E-state index contributed by atoms with van der Waals surface area (Å²) in [7, 11) is 0. The molecular weight excluding hydrogens is 104 g/mol. The van der Waals surface area contributed by atoms with E-state index < -0.39 is 0 Å². The van der Waals surface area contributed by atoms with Gasteiger partial charge in [0, 0.05) is 5.92 Å². The summed E-state index contributed by atoms with van der Waals surface area (Å²) in [5.74, 6) is 0.622. The minimum absolute atomic E-state index is 0.0229. The largest absolute Gasteiger partial charge is 0.447 e. The maximum absolute atomic E-state index is 10.3. The maximum atomic E-state index is 10.3. The number of cyclic esters (lactones) is 1. The molecule has 1 atom stereocenters. The van der Waals surface area contributed by atoms with Crippen LogP contribution in [-0.4, -0.2) is 12.1 Å². The topological polar surface area (TPSA) is 29.6 Å². The van der Waals surface area contributed by atoms with Crippen LogP contribution < -0.4 is 0 Å². The highest BCUT2D eigenvalue weighted by Gasteiger charge is 2.46. The van der Waals surface area contributed by atoms with Crippen molar-refractivity contribution in [2.75, 3.05) is 0 Å². The predicted molar refractivity (Wildman–Crippen MR) is 27.2 cm³/mol. The minimum atomic E-state index is 0.0229. The molecule has 0 bridgehead atoms. The van der Waals surface area contributed by atoms with Gasteiger partial charge in [0.05, 0.1) is 0 Å². The van der Waals surface area contributed by atoms with Gasteiger partial charge in [0.1, 0.15) is 0 Å². The van der Waals surface area contributed by atoms with E-state index in [-0.39, 0.29) is 12.1 Å². The summed E-state index contributed by atoms with van der Waals surface area (Å²) < 4.78 is 4.68. The molecule has 0 aromatic carbocycles. The molecule has 0 amide bonds. The van der Waals surface area contributed by atoms with Crippen LogP contribution in [0.25, 0.3) is 0 Å². The molecule has 1 aliphatic heterocycles. The zero-order chi connectivity index (χ0) is 5.56. The van der Waals surface area contributed by atoms with Gasteiger partial charge in [0.2, 0.25) is 6.10 Å². The Morgan fingerprint density at radius 1 is 1.50 bits per heavy atom. The standard InChI is InChI=1S/C6H8O2/c7-6-5(8-6)4-2-1-3-4/h4-5H,1-3H2. The summed E-state index contributed by atoms with van der Waals surface area (Å²) in [6, 6.07) is 0. The fourth-order valence-corrected chi connectivity index (χ4v) is 1.12. The lowest BCUT2D eigenvalue weighted by Gasteiger charge is -2.20. The molecule has 2 nitrogen and oxygen atoms in total. The van der Waals surface area contributed by atoms with E-state index in [2.05, 4.69) is 4.74 Å². The smallest absolute Gasteiger partial charge is 0.348 e. The molecule has 2 heteroatoms. The second-order valence-corrected chi connectivity index (χ2v) is 2.55. The Bertz CT molecular complexity index is 126. The third-order valence-electron chi connectivity index (χ3n) is 2.00. The van der Waals surface area contributed by atoms with Crippen molar-refractivity contribution in [3.63, 3.8) is 0 Å². The molecule has 2 rings (SSSR count). The van der Waals surface area contributed by atoms with Crippen molar-refractivity contribution < 1.29 is 9.53 Å². The average molecular weight is 112 g/mol. The number of ether oxygens (including phenoxy) is 1. The van der Waals surface area contributed by atoms with Crippen molar-refractivity contribution in [3.8, 4) is 0 Å². The average Bonchev–Trinajstić information content (AvgIpc) is 2.13. The van der Waals surface area contributed by atoms with Crippen molar-refractivity contribution >= 4 is 5.97 Å². The molecule has 0 aromatic heterocycles. The Kier molecular flexibility index (Phi) is 0.678. The van der Waals surface area contributed by atoms with Gasteiger partial charge in [0.25, 0.3) is 0 Å². The number of epoxide rings is 1. The first-order valence-electron chi connectivity index (χ1n) is 3.08. The monoisotopic (exact) mass is 112 g/mol. The lowest BCUT2D eigenvalue weighted by Crippen LogP contribution is -2.17. The molecule has 44 valence electrons. The van der Waals surface area contributed by atoms with Crippen LogP contribution in [0.5, 0.6) is 0 Å². The number of hydrogen-bond acceptors (Lipinski definition) is 2. The van der Waals surface area contributed by atoms with Gasteiger partial charge in [-0.3, -0.25) is 0 Å². The molecule has 0 aromatic rings. The first kappa shape index (κ1) is 4.36. The molecule has 2 aliphatic rings. The van der Waals surface area contributed by atoms with Crippen molar-refractivity contribution in [2.45, 2.75) is 25.4 Å². The first-order valence-corrected chi connectivity index (χ1v) is 3.08. The second-order valence-electron chi connectivity index (χ2n) is 2.55. The van der Waals surface area contributed by atoms with E-state index in [0.29, 0.717) is 5.92 Å². The summed E-state index contributed by atoms with van der Waals surface area (Å²) in [5.41, 5.74) is 0. The Hall–Kier alpha value is -0.530. The van der Waals surface area contributed by atoms with E-state index in [9.17, 15) is 4.79 Å². The summed E-state index contributed by atoms with van der Waals surface area (Å²) >= 11 is 0. The highest BCUT2D eigenvalue weighted by molar-refractivity contribution is 5.87. The van der Waals surface area contributed by atoms with Gasteiger partial charge < -0.3 is 4.74 Å². The van der Waals surface area contributed by atoms with Crippen LogP contribution >= 0.6 is 0 Å². The lowest BCUT2D eigenvalue weighted by atomic mass is 9.83. The summed E-state index contributed by atoms with van der Waals surface area (Å²) in [6.45, 7) is 0. The molecule has 2 fully saturated rings. The highest BCUT2D eigenvalue weighted by atomic mass is 16.6. The third-order valence-corrected chi connectivity index (χ3v) is 2.00. The summed E-state index contributed by atoms with van der Waals surface area (Å²) in [6.07, 6.45) is 3.73. The molecular formula is C6H8O2. The number of carbonyl (C=O) groups is 1. The van der Waals surface area contributed by atoms with Gasteiger partial charge in [-0.2, -0.15) is 0 Å². The quantitative estimate of drug-likeness (QED) is 0.467. The fourth-order valence-electron chi connectivity index (χ4n) is 1.12. The van der Waals surface area contributed by atoms with Gasteiger partial charge in [-0.05, 0) is 12.8 Å². The van der Waals surface area contributed by atoms with E-state index in [1.54, 1.807) is 0 Å². The van der Waals surface area contributed by atoms with Crippen LogP contribution in [0.15, 0.2) is 0 Å². The number of rotatable bonds is 1. The van der Waals surface area contributed by atoms with E-state index in [0.717, 1.165) is 0 Å². The molecule has 0 radical (unpaired) electrons. The van der Waals surface area contributed by atoms with Crippen molar-refractivity contribution in [3.05, 3.63) is 0 Å². The zero-order valence-electron chi connectivity index (χ0n) is 4.59. The van der Waals surface area contributed by atoms with Crippen LogP contribution in [0, 0.1) is 5.92 Å². The SMILES string of the molecule is O=C1OC1C1CCC1. The van der Waals surface area contributed by atoms with Gasteiger partial charge >= 0.3 is 5.97 Å². The Labute approximate surface area is 47.8 Å². The molecule has 8 heavy (non-hydrogen) atoms. The van der Waals surface area contributed by atoms with E-state index in [1.807, 2.05) is 0 Å². The van der Waals surface area contributed by atoms with E-state index >= 15 is 0 Å². The van der Waals surface area contributed by atoms with E-state index in [4.69, 9.17) is 0 Å². The molecule has 0 N–H and O–H groups in total. The Balaban J connectivity index is 1.90. The highest BCUT2D eigenvalue weighted by Crippen LogP contribution is 2.37. The van der Waals surface area contributed by atoms with Gasteiger partial charge in [-0.25, -0.2) is 4.79 Å². The molecule has 1 aliphatic carbocycles. The first-order chi connectivity index (χ1) is 3.88. The van der Waals surface area contributed by atoms with Crippen LogP contribution in [0.1, 0.15) is 19.3 Å². The van der Waals surface area contributed by atoms with Crippen molar-refractivity contribution in [1.82, 2.24) is 0 Å². The summed E-state index contributed by atoms with van der Waals surface area (Å²) in [5, 5.41) is 0. The molecule has 1 heterocycles. The minimum Gasteiger partial charge on any atom is -0.447 e. The van der Waals surface area contributed by atoms with Crippen molar-refractivity contribution in [2.24, 2.45) is 5.92 Å². The van der Waals surface area contributed by atoms with Crippen LogP contribution in [0.2, 0.25) is 0 Å². The number of hydrogen-bond donors (Lipinski definition) is 0. The second kappa shape index (κ2) is 1.24. The van der Waals surface area contributed by atoms with Gasteiger partial charge in [-0.1, -0.05) is 6.42 Å². The molecule has 0 spiro atoms. The number of carbonyl (C=O) groups excluding carboxylic acids is 1. The van der Waals surface area contributed by atoms with Crippen molar-refractivity contribution in [1.29, 1.82) is 0 Å². The zero-order valence-corrected chi connectivity index (χ0v) is 4.59. The molecule has 1 saturated carbocycles. The maximum Gasteiger partial charge on any atom is 0.348 e. The Morgan fingerprint density at radius 3 is 2.25 bits per heavy atom. The third kappa shape index (κ3) is 0.457. The fraction of sp³-hybridized carbons (Fsp3) is 0.833. The van der Waals surface area contributed by atoms with Crippen LogP contribution in [0.3, 0.4) is 0 Å².